The van der Waals surface area contributed by atoms with Gasteiger partial charge in [0.05, 0.1) is 91.3 Å². The maximum atomic E-state index is 12.0. The number of alkyl halides is 3. The van der Waals surface area contributed by atoms with Crippen LogP contribution in [-0.2, 0) is 162 Å². The summed E-state index contributed by atoms with van der Waals surface area (Å²) in [5.41, 5.74) is -1.94. The van der Waals surface area contributed by atoms with Crippen LogP contribution in [-0.4, -0.2) is 336 Å². The third-order valence-electron chi connectivity index (χ3n) is 22.0. The fourth-order valence-corrected chi connectivity index (χ4v) is 24.3. The number of morpholine rings is 2. The second kappa shape index (κ2) is 79.3. The molecule has 0 aromatic carbocycles. The smallest absolute Gasteiger partial charge is 0.748 e. The van der Waals surface area contributed by atoms with Gasteiger partial charge in [-0.25, -0.2) is 25.3 Å². The Hall–Kier alpha value is -4.74. The van der Waals surface area contributed by atoms with Crippen LogP contribution in [0.2, 0.25) is 0 Å². The number of aliphatic hydroxyl groups is 1. The van der Waals surface area contributed by atoms with Crippen LogP contribution in [0.25, 0.3) is 0 Å². The Balaban J connectivity index is -0.000000549. The van der Waals surface area contributed by atoms with E-state index in [4.69, 9.17) is 69.4 Å². The number of hydrogen-bond acceptors (Lipinski definition) is 59. The second-order valence-electron chi connectivity index (χ2n) is 31.3. The Morgan fingerprint density at radius 3 is 1.40 bits per heavy atom. The number of nitrogens with zero attached hydrogens (tertiary/aromatic N) is 15. The van der Waals surface area contributed by atoms with Gasteiger partial charge in [-0.3, -0.25) is 19.2 Å². The second-order valence-corrected chi connectivity index (χ2v) is 46.4. The minimum absolute atomic E-state index is 0. The number of carboxylic acid groups (broad SMARTS) is 1. The molecule has 0 radical (unpaired) electrons. The summed E-state index contributed by atoms with van der Waals surface area (Å²) in [7, 11) is -16.1. The zero-order valence-electron chi connectivity index (χ0n) is 80.2. The fourth-order valence-electron chi connectivity index (χ4n) is 16.4. The van der Waals surface area contributed by atoms with Crippen LogP contribution in [0.15, 0.2) is 0 Å². The molecule has 0 spiro atoms. The summed E-state index contributed by atoms with van der Waals surface area (Å²) in [5.74, 6) is -5.07. The Morgan fingerprint density at radius 2 is 1.01 bits per heavy atom. The predicted molar refractivity (Wildman–Crippen MR) is 497 cm³/mol. The van der Waals surface area contributed by atoms with Gasteiger partial charge < -0.3 is 115 Å². The van der Waals surface area contributed by atoms with E-state index in [0.717, 1.165) is 36.4 Å². The number of rotatable bonds is 59. The van der Waals surface area contributed by atoms with Crippen LogP contribution in [0.5, 0.6) is 0 Å². The normalized spacial score (nSPS) is 23.4. The number of halogens is 3. The number of fused-ring (bicyclic) bond motifs is 5. The maximum Gasteiger partial charge on any atom is 1.00 e. The van der Waals surface area contributed by atoms with Crippen molar-refractivity contribution in [3.05, 3.63) is 111 Å². The number of hydrogen-bond donors (Lipinski definition) is 4. The molecule has 2 aliphatic heterocycles. The van der Waals surface area contributed by atoms with E-state index in [0.29, 0.717) is 114 Å². The molecule has 4 saturated carbocycles. The van der Waals surface area contributed by atoms with Crippen molar-refractivity contribution < 1.29 is 294 Å². The van der Waals surface area contributed by atoms with E-state index < -0.39 is 232 Å². The third-order valence-corrected chi connectivity index (χ3v) is 32.1. The molecule has 6 fully saturated rings. The molecule has 85 heteroatoms. The van der Waals surface area contributed by atoms with Gasteiger partial charge in [0.2, 0.25) is 0 Å². The Morgan fingerprint density at radius 1 is 0.595 bits per heavy atom. The number of ether oxygens (including phenoxy) is 2. The van der Waals surface area contributed by atoms with E-state index in [9.17, 15) is 166 Å². The maximum absolute atomic E-state index is 12.0. The van der Waals surface area contributed by atoms with Crippen LogP contribution in [0.1, 0.15) is 112 Å². The topological polar surface area (TPSA) is 972 Å². The van der Waals surface area contributed by atoms with E-state index in [1.165, 1.54) is 0 Å². The first kappa shape index (κ1) is 152. The first-order valence-corrected chi connectivity index (χ1v) is 57.3. The molecule has 6 rings (SSSR count). The zero-order chi connectivity index (χ0) is 112. The van der Waals surface area contributed by atoms with Crippen LogP contribution in [0, 0.1) is 178 Å². The monoisotopic (exact) mass is 2520 g/mol. The average Bonchev–Trinajstić information content (AvgIpc) is 1.30. The van der Waals surface area contributed by atoms with Crippen molar-refractivity contribution in [1.82, 2.24) is 9.80 Å². The molecule has 6 aliphatic rings. The largest absolute Gasteiger partial charge is 1.00 e. The number of carboxylic acids is 1. The van der Waals surface area contributed by atoms with E-state index in [1.54, 1.807) is 24.1 Å². The van der Waals surface area contributed by atoms with Crippen molar-refractivity contribution in [2.75, 3.05) is 148 Å². The molecule has 0 aromatic heterocycles. The quantitative estimate of drug-likeness (QED) is 0.00420. The van der Waals surface area contributed by atoms with Crippen molar-refractivity contribution in [3.63, 3.8) is 0 Å². The molecule has 0 aromatic rings. The van der Waals surface area contributed by atoms with Crippen molar-refractivity contribution >= 4 is 153 Å². The molecule has 12 unspecified atom stereocenters. The minimum Gasteiger partial charge on any atom is -0.748 e. The Labute approximate surface area is 953 Å². The molecule has 2 saturated heterocycles. The van der Waals surface area contributed by atoms with Gasteiger partial charge in [-0.05, 0) is 142 Å². The van der Waals surface area contributed by atoms with Crippen molar-refractivity contribution in [1.29, 1.82) is 10.5 Å². The van der Waals surface area contributed by atoms with Gasteiger partial charge in [-0.15, -0.1) is 123 Å². The third kappa shape index (κ3) is 64.7. The zero-order valence-corrected chi connectivity index (χ0v) is 98.3. The molecular weight excluding hydrogens is 2410 g/mol. The molecule has 842 valence electrons. The number of thiocyanates is 2. The summed E-state index contributed by atoms with van der Waals surface area (Å²) in [4.78, 5) is 179. The van der Waals surface area contributed by atoms with Crippen LogP contribution in [0.4, 0.5) is 0 Å². The number of nitriles is 2. The summed E-state index contributed by atoms with van der Waals surface area (Å²) < 4.78 is 130. The average molecular weight is 2520 g/mol. The first-order chi connectivity index (χ1) is 67.4. The molecular formula is C63H108Br2ClN15Na3O54PS9. The number of carbonyl (C=O) groups is 1. The summed E-state index contributed by atoms with van der Waals surface area (Å²) in [6.45, 7) is 15.8. The number of thioether (sulfide) groups is 2. The van der Waals surface area contributed by atoms with Gasteiger partial charge >= 0.3 is 102 Å². The predicted octanol–water partition coefficient (Wildman–Crippen LogP) is -6.93. The van der Waals surface area contributed by atoms with Gasteiger partial charge in [0.25, 0.3) is 56.0 Å². The molecule has 23 atom stereocenters. The summed E-state index contributed by atoms with van der Waals surface area (Å²) in [6, 6.07) is 0. The van der Waals surface area contributed by atoms with Gasteiger partial charge in [0, 0.05) is 102 Å². The van der Waals surface area contributed by atoms with Crippen molar-refractivity contribution in [2.24, 2.45) is 45.8 Å². The fraction of sp³-hybridized carbons (Fsp3) is 0.952. The molecule has 0 bridgehead atoms. The van der Waals surface area contributed by atoms with Gasteiger partial charge in [0.15, 0.2) is 22.2 Å². The standard InChI is InChI=1S/C25H39N3O11.C7H15ClNO6P.C7H14N2O7S.C7H14N2O6S.C6H7N3O3S2.C4H7Br2NO3.C4H8N2O12S4.C3H7NO6S.3Na/c1-14(5-8-21(29)30)17-6-7-18-22-19(38-27(33)34)12-15-11-16(37-26(31)32)9-10-24(15,3)25(22,4)20(39-28(35)36)13-23(17,18)2;1-3-13-16(12,14-4-2)6-7(5-8)15-9(10)11;10-9(11)16-7(6-17(12,13)14)5-8-1-3-15-4-2-8;10-9(11)15-7(6-16(12)13)5-8-1-3-14-4-2-8;7-4-13-2-1-6(3-14-5-8)12-9(10)11;5-2-1-4(3-6)10-7(8)9;7-5(8)15-3(1-21(13,19)17-11)4(16-6(9)10)2-22(14,20)18-12;5-1-3(2-11(8)9)10-4(6)7;;;/h14-20,22H,5-13H2,1-4H3,(H,29,30);7H,3-6H2,1-2H3;7H,1-6H2,(H,12,13,14);7H,1-6H2,(H,12,13);6H,1-3H2;4H,1-3H2;3-4,11-12H,1-2H2;3,5H,1-2H2,(H,8,9);;;/q;;;;;;;;3*+1/p-3/t14-,15+,16-,17-,18+,19-,20-,22-,23-,24+,25+;;;;;;;;;;/m1........../s1. The molecule has 4 aliphatic carbocycles. The summed E-state index contributed by atoms with van der Waals surface area (Å²) in [5, 5.41) is 163. The number of aliphatic hydroxyl groups excluding tert-OH is 1. The van der Waals surface area contributed by atoms with Crippen molar-refractivity contribution in [3.8, 4) is 10.8 Å². The number of aliphatic carboxylic acids is 1. The van der Waals surface area contributed by atoms with Crippen molar-refractivity contribution in [2.45, 2.75) is 179 Å². The van der Waals surface area contributed by atoms with Crippen LogP contribution < -0.4 is 99.2 Å². The van der Waals surface area contributed by atoms with E-state index in [-0.39, 0.29) is 181 Å². The first-order valence-electron chi connectivity index (χ1n) is 41.5. The Kier molecular flexibility index (Phi) is 81.2. The summed E-state index contributed by atoms with van der Waals surface area (Å²) in [6.07, 6.45) is -7.40. The van der Waals surface area contributed by atoms with E-state index in [1.807, 2.05) is 31.1 Å². The Bertz CT molecular complexity index is 4510. The summed E-state index contributed by atoms with van der Waals surface area (Å²) >= 11 is 17.6. The molecule has 148 heavy (non-hydrogen) atoms. The SMILES string of the molecule is CCOP(=O)(CC(CCl)O[N+](=O)[O-])OCC.C[C@H](CCC(=O)O)[C@H]1CC[C@H]2[C@@H]3[C@H](O[N+](=O)[O-])C[C@@H]4C[C@H](O[N+](=O)[O-])CC[C@]4(C)[C@@]3(C)[C@H](O[N+](=O)[O-])C[C@]12C.N#CSCCC(CSC#N)O[N+](=O)[O-].O=[N+]([O-])OC(CBr)CCBr.O=[N+]([O-])OC(CN1CCOCC1)CS(=O)(=O)[O-].O=[N+]([O-])OC(CN1CCOCC1)CS(=O)O.O=[N+]([O-])OC(CO)CS(=O)O.O=[N+]([O-])OC(CS(=O)(=S)O[O-])C(CS(=O)(=S)O[O-])O[N+](=O)[O-].[Na+].[Na+].[Na+]. The van der Waals surface area contributed by atoms with Crippen LogP contribution >= 0.6 is 74.6 Å². The van der Waals surface area contributed by atoms with Crippen LogP contribution in [0.3, 0.4) is 0 Å². The van der Waals surface area contributed by atoms with E-state index in [2.05, 4.69) is 109 Å². The molecule has 2 heterocycles. The van der Waals surface area contributed by atoms with E-state index >= 15 is 0 Å². The molecule has 69 nitrogen and oxygen atoms in total. The molecule has 0 amide bonds. The van der Waals surface area contributed by atoms with Gasteiger partial charge in [-0.2, -0.15) is 10.5 Å². The van der Waals surface area contributed by atoms with Gasteiger partial charge in [0.1, 0.15) is 95.5 Å². The molecule has 4 N–H and O–H groups in total. The minimum atomic E-state index is -4.56. The van der Waals surface area contributed by atoms with Gasteiger partial charge in [-0.1, -0.05) is 59.6 Å².